The molecule has 1 aliphatic heterocycles. The van der Waals surface area contributed by atoms with E-state index in [1.54, 1.807) is 18.2 Å². The van der Waals surface area contributed by atoms with Gasteiger partial charge >= 0.3 is 0 Å². The van der Waals surface area contributed by atoms with Gasteiger partial charge in [-0.05, 0) is 43.9 Å². The molecule has 3 rings (SSSR count). The maximum Gasteiger partial charge on any atom is 0.258 e. The Labute approximate surface area is 158 Å². The fourth-order valence-electron chi connectivity index (χ4n) is 3.07. The SMILES string of the molecule is COc1cccc(OC)c1C(=O)NCC(c1ccc2c(c1)OCO2)N(C)C. The molecule has 1 N–H and O–H groups in total. The lowest BCUT2D eigenvalue weighted by molar-refractivity contribution is 0.0935. The molecule has 1 heterocycles. The summed E-state index contributed by atoms with van der Waals surface area (Å²) in [5, 5.41) is 2.98. The Bertz CT molecular complexity index is 800. The van der Waals surface area contributed by atoms with Crippen LogP contribution in [0.1, 0.15) is 22.0 Å². The van der Waals surface area contributed by atoms with Crippen molar-refractivity contribution in [1.82, 2.24) is 10.2 Å². The molecule has 0 saturated carbocycles. The van der Waals surface area contributed by atoms with Crippen LogP contribution < -0.4 is 24.3 Å². The predicted molar refractivity (Wildman–Crippen MR) is 101 cm³/mol. The van der Waals surface area contributed by atoms with Crippen LogP contribution in [-0.2, 0) is 0 Å². The van der Waals surface area contributed by atoms with Gasteiger partial charge in [0.25, 0.3) is 5.91 Å². The number of nitrogens with zero attached hydrogens (tertiary/aromatic N) is 1. The number of ether oxygens (including phenoxy) is 4. The van der Waals surface area contributed by atoms with Crippen LogP contribution in [0.5, 0.6) is 23.0 Å². The van der Waals surface area contributed by atoms with Gasteiger partial charge in [-0.1, -0.05) is 12.1 Å². The Morgan fingerprint density at radius 1 is 1.11 bits per heavy atom. The van der Waals surface area contributed by atoms with Crippen LogP contribution in [0.15, 0.2) is 36.4 Å². The third kappa shape index (κ3) is 3.93. The number of hydrogen-bond donors (Lipinski definition) is 1. The standard InChI is InChI=1S/C20H24N2O5/c1-22(2)14(13-8-9-15-18(10-13)27-12-26-15)11-21-20(23)19-16(24-3)6-5-7-17(19)25-4/h5-10,14H,11-12H2,1-4H3,(H,21,23). The first-order valence-electron chi connectivity index (χ1n) is 8.60. The number of carbonyl (C=O) groups is 1. The van der Waals surface area contributed by atoms with Crippen molar-refractivity contribution in [2.75, 3.05) is 41.7 Å². The number of benzene rings is 2. The molecule has 1 unspecified atom stereocenters. The molecule has 1 aliphatic rings. The van der Waals surface area contributed by atoms with E-state index < -0.39 is 0 Å². The summed E-state index contributed by atoms with van der Waals surface area (Å²) in [6.07, 6.45) is 0. The van der Waals surface area contributed by atoms with Gasteiger partial charge in [0, 0.05) is 6.54 Å². The minimum Gasteiger partial charge on any atom is -0.496 e. The number of likely N-dealkylation sites (N-methyl/N-ethyl adjacent to an activating group) is 1. The van der Waals surface area contributed by atoms with Crippen LogP contribution in [0.3, 0.4) is 0 Å². The van der Waals surface area contributed by atoms with Crippen LogP contribution in [0.25, 0.3) is 0 Å². The highest BCUT2D eigenvalue weighted by molar-refractivity contribution is 5.99. The second-order valence-electron chi connectivity index (χ2n) is 6.34. The number of fused-ring (bicyclic) bond motifs is 1. The van der Waals surface area contributed by atoms with Crippen molar-refractivity contribution in [3.05, 3.63) is 47.5 Å². The van der Waals surface area contributed by atoms with Gasteiger partial charge in [0.15, 0.2) is 11.5 Å². The summed E-state index contributed by atoms with van der Waals surface area (Å²) in [6.45, 7) is 0.641. The molecule has 0 aromatic heterocycles. The van der Waals surface area contributed by atoms with Crippen molar-refractivity contribution in [2.45, 2.75) is 6.04 Å². The van der Waals surface area contributed by atoms with Crippen LogP contribution in [0.4, 0.5) is 0 Å². The lowest BCUT2D eigenvalue weighted by Crippen LogP contribution is -2.34. The maximum absolute atomic E-state index is 12.8. The van der Waals surface area contributed by atoms with Crippen LogP contribution >= 0.6 is 0 Å². The van der Waals surface area contributed by atoms with Gasteiger partial charge in [0.2, 0.25) is 6.79 Å². The normalized spacial score (nSPS) is 13.4. The Morgan fingerprint density at radius 2 is 1.78 bits per heavy atom. The molecule has 0 radical (unpaired) electrons. The molecular weight excluding hydrogens is 348 g/mol. The van der Waals surface area contributed by atoms with Gasteiger partial charge in [0.1, 0.15) is 17.1 Å². The Morgan fingerprint density at radius 3 is 2.41 bits per heavy atom. The van der Waals surface area contributed by atoms with Crippen molar-refractivity contribution >= 4 is 5.91 Å². The summed E-state index contributed by atoms with van der Waals surface area (Å²) in [7, 11) is 6.98. The second-order valence-corrected chi connectivity index (χ2v) is 6.34. The van der Waals surface area contributed by atoms with E-state index in [2.05, 4.69) is 5.32 Å². The van der Waals surface area contributed by atoms with Gasteiger partial charge < -0.3 is 29.2 Å². The maximum atomic E-state index is 12.8. The Hall–Kier alpha value is -2.93. The second kappa shape index (κ2) is 8.18. The fraction of sp³-hybridized carbons (Fsp3) is 0.350. The highest BCUT2D eigenvalue weighted by atomic mass is 16.7. The van der Waals surface area contributed by atoms with Crippen molar-refractivity contribution in [3.63, 3.8) is 0 Å². The zero-order valence-electron chi connectivity index (χ0n) is 15.9. The van der Waals surface area contributed by atoms with Crippen molar-refractivity contribution in [2.24, 2.45) is 0 Å². The van der Waals surface area contributed by atoms with Crippen LogP contribution in [-0.4, -0.2) is 52.5 Å². The van der Waals surface area contributed by atoms with Gasteiger partial charge in [-0.15, -0.1) is 0 Å². The molecule has 7 heteroatoms. The minimum absolute atomic E-state index is 0.0378. The number of amides is 1. The van der Waals surface area contributed by atoms with E-state index in [1.165, 1.54) is 14.2 Å². The molecule has 144 valence electrons. The lowest BCUT2D eigenvalue weighted by atomic mass is 10.0. The van der Waals surface area contributed by atoms with Crippen LogP contribution in [0, 0.1) is 0 Å². The molecule has 1 amide bonds. The zero-order valence-corrected chi connectivity index (χ0v) is 15.9. The Kier molecular flexibility index (Phi) is 5.71. The zero-order chi connectivity index (χ0) is 19.4. The highest BCUT2D eigenvalue weighted by Crippen LogP contribution is 2.35. The molecule has 7 nitrogen and oxygen atoms in total. The summed E-state index contributed by atoms with van der Waals surface area (Å²) in [4.78, 5) is 14.9. The van der Waals surface area contributed by atoms with Gasteiger partial charge in [-0.25, -0.2) is 0 Å². The van der Waals surface area contributed by atoms with Gasteiger partial charge in [-0.3, -0.25) is 4.79 Å². The highest BCUT2D eigenvalue weighted by Gasteiger charge is 2.22. The molecule has 0 saturated heterocycles. The molecule has 0 fully saturated rings. The van der Waals surface area contributed by atoms with E-state index in [4.69, 9.17) is 18.9 Å². The van der Waals surface area contributed by atoms with E-state index in [0.717, 1.165) is 17.1 Å². The molecule has 2 aromatic rings. The van der Waals surface area contributed by atoms with Gasteiger partial charge in [0.05, 0.1) is 20.3 Å². The van der Waals surface area contributed by atoms with E-state index in [1.807, 2.05) is 37.2 Å². The molecular formula is C20H24N2O5. The van der Waals surface area contributed by atoms with E-state index in [0.29, 0.717) is 23.6 Å². The van der Waals surface area contributed by atoms with E-state index >= 15 is 0 Å². The predicted octanol–water partition coefficient (Wildman–Crippen LogP) is 2.47. The third-order valence-electron chi connectivity index (χ3n) is 4.52. The largest absolute Gasteiger partial charge is 0.496 e. The number of hydrogen-bond acceptors (Lipinski definition) is 6. The molecule has 0 aliphatic carbocycles. The minimum atomic E-state index is -0.253. The number of methoxy groups -OCH3 is 2. The Balaban J connectivity index is 1.78. The van der Waals surface area contributed by atoms with E-state index in [9.17, 15) is 4.79 Å². The van der Waals surface area contributed by atoms with E-state index in [-0.39, 0.29) is 18.7 Å². The molecule has 0 spiro atoms. The summed E-state index contributed by atoms with van der Waals surface area (Å²) in [6, 6.07) is 11.0. The number of nitrogens with one attached hydrogen (secondary N) is 1. The fourth-order valence-corrected chi connectivity index (χ4v) is 3.07. The first-order chi connectivity index (χ1) is 13.0. The lowest BCUT2D eigenvalue weighted by Gasteiger charge is -2.25. The summed E-state index contributed by atoms with van der Waals surface area (Å²) >= 11 is 0. The van der Waals surface area contributed by atoms with Gasteiger partial charge in [-0.2, -0.15) is 0 Å². The average molecular weight is 372 g/mol. The molecule has 0 bridgehead atoms. The summed E-state index contributed by atoms with van der Waals surface area (Å²) in [5.74, 6) is 2.14. The average Bonchev–Trinajstić information content (AvgIpc) is 3.14. The summed E-state index contributed by atoms with van der Waals surface area (Å²) < 4.78 is 21.5. The first-order valence-corrected chi connectivity index (χ1v) is 8.60. The molecule has 27 heavy (non-hydrogen) atoms. The smallest absolute Gasteiger partial charge is 0.258 e. The summed E-state index contributed by atoms with van der Waals surface area (Å²) in [5.41, 5.74) is 1.40. The van der Waals surface area contributed by atoms with Crippen molar-refractivity contribution in [1.29, 1.82) is 0 Å². The molecule has 1 atom stereocenters. The molecule has 2 aromatic carbocycles. The van der Waals surface area contributed by atoms with Crippen LogP contribution in [0.2, 0.25) is 0 Å². The monoisotopic (exact) mass is 372 g/mol. The van der Waals surface area contributed by atoms with Crippen molar-refractivity contribution in [3.8, 4) is 23.0 Å². The first kappa shape index (κ1) is 18.8. The number of carbonyl (C=O) groups excluding carboxylic acids is 1. The number of rotatable bonds is 7. The topological polar surface area (TPSA) is 69.3 Å². The quantitative estimate of drug-likeness (QED) is 0.805. The van der Waals surface area contributed by atoms with Crippen molar-refractivity contribution < 1.29 is 23.7 Å². The third-order valence-corrected chi connectivity index (χ3v) is 4.52.